The first kappa shape index (κ1) is 23.7. The highest BCUT2D eigenvalue weighted by Crippen LogP contribution is 2.38. The number of carbonyl (C=O) groups is 1. The standard InChI is InChI=1S/C30H36N4O/c1-4-17-34-29(32-18-20-33(21-19-32)30(35)25-15-11-23(3)12-16-25)27-8-6-5-7-26(27)28(31-34)24-13-9-22(2)10-14-24/h5-16,28-29,31H,4,17-21H2,1-3H3. The van der Waals surface area contributed by atoms with E-state index < -0.39 is 0 Å². The Morgan fingerprint density at radius 2 is 1.43 bits per heavy atom. The molecule has 0 spiro atoms. The van der Waals surface area contributed by atoms with Crippen LogP contribution in [0, 0.1) is 13.8 Å². The number of hydrogen-bond donors (Lipinski definition) is 1. The Morgan fingerprint density at radius 3 is 2.06 bits per heavy atom. The Balaban J connectivity index is 1.38. The molecule has 0 aliphatic carbocycles. The van der Waals surface area contributed by atoms with E-state index >= 15 is 0 Å². The lowest BCUT2D eigenvalue weighted by molar-refractivity contribution is -0.0357. The van der Waals surface area contributed by atoms with Gasteiger partial charge in [-0.3, -0.25) is 9.69 Å². The quantitative estimate of drug-likeness (QED) is 0.567. The van der Waals surface area contributed by atoms with Crippen LogP contribution in [0.1, 0.15) is 63.7 Å². The monoisotopic (exact) mass is 468 g/mol. The van der Waals surface area contributed by atoms with E-state index in [0.717, 1.165) is 44.7 Å². The number of aryl methyl sites for hydroxylation is 2. The fourth-order valence-corrected chi connectivity index (χ4v) is 5.37. The Hall–Kier alpha value is -2.99. The second kappa shape index (κ2) is 10.3. The molecule has 1 amide bonds. The van der Waals surface area contributed by atoms with Gasteiger partial charge in [0.1, 0.15) is 6.17 Å². The fraction of sp³-hybridized carbons (Fsp3) is 0.367. The Kier molecular flexibility index (Phi) is 7.00. The Bertz CT molecular complexity index is 1150. The van der Waals surface area contributed by atoms with Gasteiger partial charge >= 0.3 is 0 Å². The van der Waals surface area contributed by atoms with Crippen molar-refractivity contribution in [3.8, 4) is 0 Å². The number of amides is 1. The van der Waals surface area contributed by atoms with Crippen molar-refractivity contribution in [2.75, 3.05) is 32.7 Å². The van der Waals surface area contributed by atoms with Crippen molar-refractivity contribution in [3.63, 3.8) is 0 Å². The molecule has 0 bridgehead atoms. The highest BCUT2D eigenvalue weighted by atomic mass is 16.2. The average Bonchev–Trinajstić information content (AvgIpc) is 2.89. The molecule has 3 aromatic carbocycles. The number of benzene rings is 3. The van der Waals surface area contributed by atoms with E-state index in [1.165, 1.54) is 27.8 Å². The van der Waals surface area contributed by atoms with Crippen molar-refractivity contribution in [3.05, 3.63) is 106 Å². The second-order valence-electron chi connectivity index (χ2n) is 9.86. The van der Waals surface area contributed by atoms with Gasteiger partial charge in [0, 0.05) is 38.3 Å². The van der Waals surface area contributed by atoms with Crippen LogP contribution in [0.25, 0.3) is 0 Å². The van der Waals surface area contributed by atoms with Crippen LogP contribution in [0.15, 0.2) is 72.8 Å². The van der Waals surface area contributed by atoms with Crippen LogP contribution in [0.5, 0.6) is 0 Å². The maximum Gasteiger partial charge on any atom is 0.253 e. The van der Waals surface area contributed by atoms with Gasteiger partial charge in [0.05, 0.1) is 6.04 Å². The first-order valence-corrected chi connectivity index (χ1v) is 12.8. The minimum atomic E-state index is 0.136. The van der Waals surface area contributed by atoms with Gasteiger partial charge in [-0.25, -0.2) is 10.4 Å². The molecule has 2 atom stereocenters. The van der Waals surface area contributed by atoms with Gasteiger partial charge in [-0.1, -0.05) is 78.7 Å². The first-order chi connectivity index (χ1) is 17.0. The van der Waals surface area contributed by atoms with Crippen LogP contribution in [0.3, 0.4) is 0 Å². The molecule has 2 aliphatic heterocycles. The molecule has 5 rings (SSSR count). The van der Waals surface area contributed by atoms with Crippen molar-refractivity contribution in [1.82, 2.24) is 20.2 Å². The van der Waals surface area contributed by atoms with E-state index in [-0.39, 0.29) is 18.1 Å². The summed E-state index contributed by atoms with van der Waals surface area (Å²) in [7, 11) is 0. The lowest BCUT2D eigenvalue weighted by Crippen LogP contribution is -2.58. The van der Waals surface area contributed by atoms with Crippen LogP contribution < -0.4 is 5.43 Å². The third-order valence-electron chi connectivity index (χ3n) is 7.30. The molecule has 2 unspecified atom stereocenters. The summed E-state index contributed by atoms with van der Waals surface area (Å²) in [6.07, 6.45) is 1.22. The molecular weight excluding hydrogens is 432 g/mol. The minimum Gasteiger partial charge on any atom is -0.336 e. The predicted octanol–water partition coefficient (Wildman–Crippen LogP) is 5.08. The van der Waals surface area contributed by atoms with Gasteiger partial charge in [0.25, 0.3) is 5.91 Å². The summed E-state index contributed by atoms with van der Waals surface area (Å²) < 4.78 is 0. The third-order valence-corrected chi connectivity index (χ3v) is 7.30. The topological polar surface area (TPSA) is 38.8 Å². The average molecular weight is 469 g/mol. The zero-order valence-electron chi connectivity index (χ0n) is 21.1. The van der Waals surface area contributed by atoms with Gasteiger partial charge in [-0.05, 0) is 49.1 Å². The van der Waals surface area contributed by atoms with E-state index in [9.17, 15) is 4.79 Å². The number of nitrogens with one attached hydrogen (secondary N) is 1. The molecule has 5 nitrogen and oxygen atoms in total. The van der Waals surface area contributed by atoms with Gasteiger partial charge in [0.2, 0.25) is 0 Å². The Labute approximate surface area is 209 Å². The second-order valence-corrected chi connectivity index (χ2v) is 9.86. The van der Waals surface area contributed by atoms with E-state index in [2.05, 4.69) is 84.6 Å². The number of carbonyl (C=O) groups excluding carboxylic acids is 1. The van der Waals surface area contributed by atoms with Crippen LogP contribution in [-0.2, 0) is 0 Å². The summed E-state index contributed by atoms with van der Waals surface area (Å²) >= 11 is 0. The predicted molar refractivity (Wildman–Crippen MR) is 141 cm³/mol. The summed E-state index contributed by atoms with van der Waals surface area (Å²) in [5.74, 6) is 0.136. The fourth-order valence-electron chi connectivity index (χ4n) is 5.37. The zero-order valence-corrected chi connectivity index (χ0v) is 21.1. The molecule has 0 aromatic heterocycles. The molecule has 0 saturated carbocycles. The SMILES string of the molecule is CCCN1NC(c2ccc(C)cc2)c2ccccc2C1N1CCN(C(=O)c2ccc(C)cc2)CC1. The largest absolute Gasteiger partial charge is 0.336 e. The maximum absolute atomic E-state index is 13.1. The summed E-state index contributed by atoms with van der Waals surface area (Å²) in [6, 6.07) is 25.8. The Morgan fingerprint density at radius 1 is 0.829 bits per heavy atom. The lowest BCUT2D eigenvalue weighted by Gasteiger charge is -2.49. The molecular formula is C30H36N4O. The summed E-state index contributed by atoms with van der Waals surface area (Å²) in [5.41, 5.74) is 11.1. The number of fused-ring (bicyclic) bond motifs is 1. The molecule has 1 saturated heterocycles. The van der Waals surface area contributed by atoms with Gasteiger partial charge in [0.15, 0.2) is 0 Å². The smallest absolute Gasteiger partial charge is 0.253 e. The first-order valence-electron chi connectivity index (χ1n) is 12.8. The molecule has 1 fully saturated rings. The normalized spacial score (nSPS) is 21.1. The lowest BCUT2D eigenvalue weighted by atomic mass is 9.90. The number of rotatable bonds is 5. The molecule has 3 aromatic rings. The highest BCUT2D eigenvalue weighted by molar-refractivity contribution is 5.94. The van der Waals surface area contributed by atoms with Crippen molar-refractivity contribution in [1.29, 1.82) is 0 Å². The van der Waals surface area contributed by atoms with Gasteiger partial charge in [-0.15, -0.1) is 0 Å². The van der Waals surface area contributed by atoms with Crippen molar-refractivity contribution in [2.45, 2.75) is 39.4 Å². The summed E-state index contributed by atoms with van der Waals surface area (Å²) in [5, 5.41) is 2.42. The molecule has 0 radical (unpaired) electrons. The molecule has 182 valence electrons. The number of hydrazine groups is 1. The third kappa shape index (κ3) is 4.90. The van der Waals surface area contributed by atoms with Crippen molar-refractivity contribution in [2.24, 2.45) is 0 Å². The maximum atomic E-state index is 13.1. The highest BCUT2D eigenvalue weighted by Gasteiger charge is 2.38. The van der Waals surface area contributed by atoms with Crippen molar-refractivity contribution >= 4 is 5.91 Å². The number of piperazine rings is 1. The summed E-state index contributed by atoms with van der Waals surface area (Å²) in [4.78, 5) is 17.6. The molecule has 35 heavy (non-hydrogen) atoms. The van der Waals surface area contributed by atoms with E-state index in [0.29, 0.717) is 0 Å². The molecule has 5 heteroatoms. The van der Waals surface area contributed by atoms with Crippen molar-refractivity contribution < 1.29 is 4.79 Å². The van der Waals surface area contributed by atoms with E-state index in [4.69, 9.17) is 0 Å². The molecule has 2 heterocycles. The zero-order chi connectivity index (χ0) is 24.4. The van der Waals surface area contributed by atoms with Crippen LogP contribution in [0.4, 0.5) is 0 Å². The van der Waals surface area contributed by atoms with Gasteiger partial charge in [-0.2, -0.15) is 0 Å². The summed E-state index contributed by atoms with van der Waals surface area (Å²) in [6.45, 7) is 10.6. The number of hydrogen-bond acceptors (Lipinski definition) is 4. The minimum absolute atomic E-state index is 0.136. The van der Waals surface area contributed by atoms with Crippen LogP contribution in [0.2, 0.25) is 0 Å². The number of nitrogens with zero attached hydrogens (tertiary/aromatic N) is 3. The molecule has 2 aliphatic rings. The van der Waals surface area contributed by atoms with Crippen LogP contribution in [-0.4, -0.2) is 53.4 Å². The van der Waals surface area contributed by atoms with Crippen LogP contribution >= 0.6 is 0 Å². The van der Waals surface area contributed by atoms with E-state index in [1.807, 2.05) is 29.2 Å². The van der Waals surface area contributed by atoms with E-state index in [1.54, 1.807) is 0 Å². The molecule has 1 N–H and O–H groups in total. The van der Waals surface area contributed by atoms with Gasteiger partial charge < -0.3 is 4.90 Å².